The molecular formula is C19H25NO3S2. The van der Waals surface area contributed by atoms with Crippen molar-refractivity contribution in [2.75, 3.05) is 6.26 Å². The van der Waals surface area contributed by atoms with Crippen molar-refractivity contribution in [2.24, 2.45) is 0 Å². The monoisotopic (exact) mass is 379 g/mol. The minimum atomic E-state index is -1.34. The van der Waals surface area contributed by atoms with Crippen LogP contribution in [0, 0.1) is 6.92 Å². The van der Waals surface area contributed by atoms with Crippen LogP contribution in [0.5, 0.6) is 0 Å². The smallest absolute Gasteiger partial charge is 0.261 e. The molecule has 1 aromatic heterocycles. The van der Waals surface area contributed by atoms with Gasteiger partial charge in [0.05, 0.1) is 0 Å². The Hall–Kier alpha value is -1.50. The largest absolute Gasteiger partial charge is 0.289 e. The number of hydroxylamine groups is 1. The second-order valence-electron chi connectivity index (χ2n) is 6.44. The molecule has 1 heterocycles. The Morgan fingerprint density at radius 1 is 1.20 bits per heavy atom. The summed E-state index contributed by atoms with van der Waals surface area (Å²) in [7, 11) is -1.34. The van der Waals surface area contributed by atoms with Gasteiger partial charge in [-0.1, -0.05) is 30.7 Å². The van der Waals surface area contributed by atoms with Crippen LogP contribution in [0.15, 0.2) is 36.4 Å². The van der Waals surface area contributed by atoms with Gasteiger partial charge in [-0.3, -0.25) is 14.2 Å². The summed E-state index contributed by atoms with van der Waals surface area (Å²) in [6.07, 6.45) is 4.57. The fourth-order valence-corrected chi connectivity index (χ4v) is 4.33. The third kappa shape index (κ3) is 5.00. The highest BCUT2D eigenvalue weighted by atomic mass is 32.2. The summed E-state index contributed by atoms with van der Waals surface area (Å²) in [4.78, 5) is 14.3. The normalized spacial score (nSPS) is 14.7. The van der Waals surface area contributed by atoms with Crippen molar-refractivity contribution >= 4 is 28.0 Å². The van der Waals surface area contributed by atoms with E-state index in [2.05, 4.69) is 43.3 Å². The average molecular weight is 380 g/mol. The van der Waals surface area contributed by atoms with Gasteiger partial charge in [0.2, 0.25) is 0 Å². The van der Waals surface area contributed by atoms with Crippen LogP contribution in [0.25, 0.3) is 10.4 Å². The van der Waals surface area contributed by atoms with Crippen LogP contribution in [0.3, 0.4) is 0 Å². The Kier molecular flexibility index (Phi) is 6.93. The summed E-state index contributed by atoms with van der Waals surface area (Å²) < 4.78 is 10.8. The van der Waals surface area contributed by atoms with E-state index in [-0.39, 0.29) is 0 Å². The molecule has 6 heteroatoms. The van der Waals surface area contributed by atoms with Gasteiger partial charge in [0.1, 0.15) is 4.75 Å². The summed E-state index contributed by atoms with van der Waals surface area (Å²) in [5.74, 6) is -0.580. The van der Waals surface area contributed by atoms with Crippen LogP contribution in [-0.2, 0) is 22.0 Å². The second-order valence-corrected chi connectivity index (χ2v) is 9.54. The highest BCUT2D eigenvalue weighted by Gasteiger charge is 2.36. The van der Waals surface area contributed by atoms with Crippen LogP contribution < -0.4 is 5.48 Å². The number of hydrogen-bond donors (Lipinski definition) is 2. The highest BCUT2D eigenvalue weighted by molar-refractivity contribution is 7.86. The van der Waals surface area contributed by atoms with Gasteiger partial charge in [0, 0.05) is 26.8 Å². The predicted molar refractivity (Wildman–Crippen MR) is 104 cm³/mol. The number of aryl methyl sites for hydroxylation is 2. The predicted octanol–water partition coefficient (Wildman–Crippen LogP) is 4.08. The van der Waals surface area contributed by atoms with Gasteiger partial charge in [-0.05, 0) is 56.4 Å². The molecule has 25 heavy (non-hydrogen) atoms. The molecule has 2 unspecified atom stereocenters. The topological polar surface area (TPSA) is 66.4 Å². The summed E-state index contributed by atoms with van der Waals surface area (Å²) in [5, 5.41) is 8.84. The van der Waals surface area contributed by atoms with E-state index in [1.807, 2.05) is 0 Å². The quantitative estimate of drug-likeness (QED) is 0.413. The summed E-state index contributed by atoms with van der Waals surface area (Å²) in [6.45, 7) is 3.74. The lowest BCUT2D eigenvalue weighted by Crippen LogP contribution is -2.46. The summed E-state index contributed by atoms with van der Waals surface area (Å²) in [5.41, 5.74) is 4.12. The van der Waals surface area contributed by atoms with E-state index in [1.165, 1.54) is 27.1 Å². The van der Waals surface area contributed by atoms with E-state index in [1.54, 1.807) is 23.7 Å². The molecule has 0 fully saturated rings. The molecule has 0 saturated heterocycles. The van der Waals surface area contributed by atoms with Crippen molar-refractivity contribution in [2.45, 2.75) is 44.3 Å². The lowest BCUT2D eigenvalue weighted by Gasteiger charge is -2.24. The van der Waals surface area contributed by atoms with Gasteiger partial charge in [-0.2, -0.15) is 0 Å². The standard InChI is InChI=1S/C19H25NO3S2/c1-14-7-12-17(24-14)16-10-8-15(9-11-16)6-4-5-13-19(2,25(3)23)18(21)20-22/h7-12,22H,4-6,13H2,1-3H3,(H,20,21). The Labute approximate surface area is 155 Å². The van der Waals surface area contributed by atoms with Crippen molar-refractivity contribution in [3.63, 3.8) is 0 Å². The van der Waals surface area contributed by atoms with Crippen molar-refractivity contribution in [3.8, 4) is 10.4 Å². The fourth-order valence-electron chi connectivity index (χ4n) is 2.72. The van der Waals surface area contributed by atoms with E-state index < -0.39 is 21.5 Å². The van der Waals surface area contributed by atoms with Gasteiger partial charge in [0.25, 0.3) is 5.91 Å². The zero-order valence-corrected chi connectivity index (χ0v) is 16.5. The zero-order valence-electron chi connectivity index (χ0n) is 14.9. The average Bonchev–Trinajstić information content (AvgIpc) is 3.04. The molecular weight excluding hydrogens is 354 g/mol. The van der Waals surface area contributed by atoms with E-state index in [4.69, 9.17) is 5.21 Å². The molecule has 0 bridgehead atoms. The van der Waals surface area contributed by atoms with Crippen molar-refractivity contribution in [1.29, 1.82) is 0 Å². The molecule has 1 aromatic carbocycles. The number of carbonyl (C=O) groups is 1. The molecule has 0 aliphatic heterocycles. The van der Waals surface area contributed by atoms with Gasteiger partial charge in [0.15, 0.2) is 0 Å². The number of hydrogen-bond acceptors (Lipinski definition) is 4. The van der Waals surface area contributed by atoms with Crippen LogP contribution in [0.1, 0.15) is 36.6 Å². The van der Waals surface area contributed by atoms with Crippen LogP contribution in [-0.4, -0.2) is 26.3 Å². The molecule has 0 spiro atoms. The third-order valence-electron chi connectivity index (χ3n) is 4.56. The van der Waals surface area contributed by atoms with E-state index >= 15 is 0 Å². The first-order chi connectivity index (χ1) is 11.9. The molecule has 1 amide bonds. The summed E-state index contributed by atoms with van der Waals surface area (Å²) >= 11 is 1.79. The van der Waals surface area contributed by atoms with Gasteiger partial charge < -0.3 is 0 Å². The highest BCUT2D eigenvalue weighted by Crippen LogP contribution is 2.28. The molecule has 2 aromatic rings. The SMILES string of the molecule is Cc1ccc(-c2ccc(CCCCC(C)(C(=O)NO)S(C)=O)cc2)s1. The number of nitrogens with one attached hydrogen (secondary N) is 1. The van der Waals surface area contributed by atoms with Crippen molar-refractivity contribution in [1.82, 2.24) is 5.48 Å². The molecule has 0 aliphatic carbocycles. The fraction of sp³-hybridized carbons (Fsp3) is 0.421. The number of unbranched alkanes of at least 4 members (excludes halogenated alkanes) is 1. The lowest BCUT2D eigenvalue weighted by atomic mass is 9.99. The number of benzene rings is 1. The first kappa shape index (κ1) is 19.8. The number of thiophene rings is 1. The van der Waals surface area contributed by atoms with E-state index in [9.17, 15) is 9.00 Å². The van der Waals surface area contributed by atoms with Crippen LogP contribution in [0.4, 0.5) is 0 Å². The number of rotatable bonds is 8. The second kappa shape index (κ2) is 8.74. The minimum absolute atomic E-state index is 0.481. The van der Waals surface area contributed by atoms with Crippen molar-refractivity contribution in [3.05, 3.63) is 46.8 Å². The Bertz CT molecular complexity index is 739. The first-order valence-corrected chi connectivity index (χ1v) is 10.7. The molecule has 2 atom stereocenters. The molecule has 2 N–H and O–H groups in total. The maximum atomic E-state index is 11.8. The Morgan fingerprint density at radius 3 is 2.40 bits per heavy atom. The lowest BCUT2D eigenvalue weighted by molar-refractivity contribution is -0.131. The third-order valence-corrected chi connectivity index (χ3v) is 7.27. The maximum Gasteiger partial charge on any atom is 0.261 e. The van der Waals surface area contributed by atoms with Crippen LogP contribution in [0.2, 0.25) is 0 Å². The molecule has 4 nitrogen and oxygen atoms in total. The number of amides is 1. The van der Waals surface area contributed by atoms with Crippen molar-refractivity contribution < 1.29 is 14.2 Å². The van der Waals surface area contributed by atoms with E-state index in [0.29, 0.717) is 6.42 Å². The van der Waals surface area contributed by atoms with E-state index in [0.717, 1.165) is 19.3 Å². The molecule has 136 valence electrons. The molecule has 2 rings (SSSR count). The van der Waals surface area contributed by atoms with Crippen LogP contribution >= 0.6 is 11.3 Å². The Morgan fingerprint density at radius 2 is 1.88 bits per heavy atom. The van der Waals surface area contributed by atoms with Gasteiger partial charge in [-0.15, -0.1) is 11.3 Å². The minimum Gasteiger partial charge on any atom is -0.289 e. The first-order valence-electron chi connectivity index (χ1n) is 8.30. The number of carbonyl (C=O) groups excluding carboxylic acids is 1. The van der Waals surface area contributed by atoms with Gasteiger partial charge in [-0.25, -0.2) is 5.48 Å². The zero-order chi connectivity index (χ0) is 18.4. The molecule has 0 radical (unpaired) electrons. The Balaban J connectivity index is 1.87. The molecule has 0 saturated carbocycles. The van der Waals surface area contributed by atoms with Gasteiger partial charge >= 0.3 is 0 Å². The maximum absolute atomic E-state index is 11.8. The molecule has 0 aliphatic rings. The summed E-state index contributed by atoms with van der Waals surface area (Å²) in [6, 6.07) is 12.8.